The van der Waals surface area contributed by atoms with E-state index in [9.17, 15) is 14.0 Å². The number of halogens is 1. The van der Waals surface area contributed by atoms with Gasteiger partial charge in [-0.15, -0.1) is 0 Å². The summed E-state index contributed by atoms with van der Waals surface area (Å²) in [4.78, 5) is 29.4. The van der Waals surface area contributed by atoms with Crippen LogP contribution in [0.15, 0.2) is 34.4 Å². The second-order valence-electron chi connectivity index (χ2n) is 5.67. The average molecular weight is 374 g/mol. The van der Waals surface area contributed by atoms with Crippen LogP contribution in [0.25, 0.3) is 0 Å². The van der Waals surface area contributed by atoms with Crippen LogP contribution in [0, 0.1) is 5.82 Å². The topological polar surface area (TPSA) is 67.6 Å². The van der Waals surface area contributed by atoms with Gasteiger partial charge in [-0.3, -0.25) is 14.2 Å². The molecule has 6 nitrogen and oxygen atoms in total. The molecular formula is C18H19FN4O2S. The molecule has 0 radical (unpaired) electrons. The maximum atomic E-state index is 13.2. The number of fused-ring (bicyclic) bond motifs is 1. The molecule has 0 bridgehead atoms. The zero-order valence-electron chi connectivity index (χ0n) is 14.8. The fourth-order valence-corrected chi connectivity index (χ4v) is 3.68. The molecule has 1 amide bonds. The molecule has 2 heterocycles. The summed E-state index contributed by atoms with van der Waals surface area (Å²) in [6.45, 7) is 5.43. The Balaban J connectivity index is 2.16. The molecule has 26 heavy (non-hydrogen) atoms. The molecule has 3 rings (SSSR count). The molecule has 1 aliphatic rings. The van der Waals surface area contributed by atoms with Crippen LogP contribution in [-0.4, -0.2) is 26.4 Å². The zero-order chi connectivity index (χ0) is 18.8. The first-order valence-electron chi connectivity index (χ1n) is 8.50. The Morgan fingerprint density at radius 3 is 2.31 bits per heavy atom. The number of hydrogen-bond acceptors (Lipinski definition) is 5. The predicted molar refractivity (Wildman–Crippen MR) is 99.1 cm³/mol. The van der Waals surface area contributed by atoms with Gasteiger partial charge in [-0.05, 0) is 36.0 Å². The molecule has 0 aliphatic carbocycles. The van der Waals surface area contributed by atoms with Gasteiger partial charge in [0.2, 0.25) is 11.8 Å². The van der Waals surface area contributed by atoms with E-state index in [-0.39, 0.29) is 24.1 Å². The minimum absolute atomic E-state index is 0.0904. The normalized spacial score (nSPS) is 13.4. The standard InChI is InChI=1S/C18H19FN4O2S/c1-4-13-20-16-18(22(13)14(24)5-2)26-17(21-23(16)15(25)6-3)11-7-9-12(19)10-8-11/h7-10H,4-6H2,1-3H3. The highest BCUT2D eigenvalue weighted by atomic mass is 32.2. The Hall–Kier alpha value is -2.48. The van der Waals surface area contributed by atoms with Gasteiger partial charge in [0.25, 0.3) is 0 Å². The van der Waals surface area contributed by atoms with E-state index in [1.807, 2.05) is 6.92 Å². The van der Waals surface area contributed by atoms with E-state index in [1.165, 1.54) is 28.9 Å². The lowest BCUT2D eigenvalue weighted by Gasteiger charge is -2.22. The summed E-state index contributed by atoms with van der Waals surface area (Å²) in [5, 5.41) is 6.77. The van der Waals surface area contributed by atoms with Crippen molar-refractivity contribution >= 4 is 34.4 Å². The number of benzene rings is 1. The van der Waals surface area contributed by atoms with E-state index in [4.69, 9.17) is 0 Å². The molecule has 1 aromatic carbocycles. The fourth-order valence-electron chi connectivity index (χ4n) is 2.60. The van der Waals surface area contributed by atoms with Gasteiger partial charge in [0.05, 0.1) is 0 Å². The lowest BCUT2D eigenvalue weighted by Crippen LogP contribution is -2.29. The van der Waals surface area contributed by atoms with Crippen LogP contribution >= 0.6 is 11.8 Å². The maximum absolute atomic E-state index is 13.2. The quantitative estimate of drug-likeness (QED) is 0.815. The lowest BCUT2D eigenvalue weighted by atomic mass is 10.2. The van der Waals surface area contributed by atoms with Gasteiger partial charge in [-0.1, -0.05) is 20.8 Å². The molecule has 0 fully saturated rings. The maximum Gasteiger partial charge on any atom is 0.248 e. The Labute approximate surface area is 155 Å². The molecule has 0 spiro atoms. The smallest absolute Gasteiger partial charge is 0.248 e. The van der Waals surface area contributed by atoms with Crippen molar-refractivity contribution in [1.29, 1.82) is 0 Å². The second-order valence-corrected chi connectivity index (χ2v) is 6.64. The molecule has 0 saturated carbocycles. The number of amides is 1. The van der Waals surface area contributed by atoms with Crippen LogP contribution in [0.4, 0.5) is 10.2 Å². The predicted octanol–water partition coefficient (Wildman–Crippen LogP) is 3.85. The first-order chi connectivity index (χ1) is 12.5. The van der Waals surface area contributed by atoms with Gasteiger partial charge in [0.1, 0.15) is 21.7 Å². The average Bonchev–Trinajstić information content (AvgIpc) is 3.05. The fraction of sp³-hybridized carbons (Fsp3) is 0.333. The van der Waals surface area contributed by atoms with Gasteiger partial charge in [-0.25, -0.2) is 9.37 Å². The van der Waals surface area contributed by atoms with Gasteiger partial charge in [0, 0.05) is 24.8 Å². The van der Waals surface area contributed by atoms with Crippen LogP contribution in [0.3, 0.4) is 0 Å². The summed E-state index contributed by atoms with van der Waals surface area (Å²) in [5.41, 5.74) is 0.672. The molecule has 1 aliphatic heterocycles. The molecule has 0 unspecified atom stereocenters. The SMILES string of the molecule is CCC(=O)N1N=C(c2ccc(F)cc2)Sc2c1nc(CC)n2C(=O)CC. The minimum Gasteiger partial charge on any atom is -0.274 e. The number of imidazole rings is 1. The third-order valence-electron chi connectivity index (χ3n) is 3.97. The largest absolute Gasteiger partial charge is 0.274 e. The van der Waals surface area contributed by atoms with Gasteiger partial charge in [-0.2, -0.15) is 10.1 Å². The molecule has 0 N–H and O–H groups in total. The second kappa shape index (κ2) is 7.41. The zero-order valence-corrected chi connectivity index (χ0v) is 15.6. The van der Waals surface area contributed by atoms with Crippen molar-refractivity contribution in [2.75, 3.05) is 5.01 Å². The number of carbonyl (C=O) groups is 2. The van der Waals surface area contributed by atoms with Crippen molar-refractivity contribution in [2.45, 2.75) is 45.1 Å². The summed E-state index contributed by atoms with van der Waals surface area (Å²) in [5.74, 6) is 0.316. The van der Waals surface area contributed by atoms with Crippen molar-refractivity contribution in [2.24, 2.45) is 5.10 Å². The van der Waals surface area contributed by atoms with Gasteiger partial charge < -0.3 is 0 Å². The third-order valence-corrected chi connectivity index (χ3v) is 5.04. The number of nitrogens with zero attached hydrogens (tertiary/aromatic N) is 4. The van der Waals surface area contributed by atoms with Crippen molar-refractivity contribution in [3.63, 3.8) is 0 Å². The molecule has 0 atom stereocenters. The summed E-state index contributed by atoms with van der Waals surface area (Å²) >= 11 is 1.27. The molecule has 2 aromatic rings. The van der Waals surface area contributed by atoms with E-state index in [0.717, 1.165) is 0 Å². The van der Waals surface area contributed by atoms with Crippen molar-refractivity contribution < 1.29 is 14.0 Å². The first-order valence-corrected chi connectivity index (χ1v) is 9.31. The Morgan fingerprint density at radius 1 is 1.08 bits per heavy atom. The number of hydrogen-bond donors (Lipinski definition) is 0. The van der Waals surface area contributed by atoms with Crippen molar-refractivity contribution in [3.8, 4) is 0 Å². The van der Waals surface area contributed by atoms with E-state index >= 15 is 0 Å². The number of aromatic nitrogens is 2. The van der Waals surface area contributed by atoms with Gasteiger partial charge >= 0.3 is 0 Å². The van der Waals surface area contributed by atoms with E-state index in [2.05, 4.69) is 10.1 Å². The number of thioether (sulfide) groups is 1. The van der Waals surface area contributed by atoms with Crippen molar-refractivity contribution in [3.05, 3.63) is 41.5 Å². The number of aryl methyl sites for hydroxylation is 1. The molecule has 1 aromatic heterocycles. The molecule has 8 heteroatoms. The molecule has 0 saturated heterocycles. The third kappa shape index (κ3) is 3.16. The highest BCUT2D eigenvalue weighted by Crippen LogP contribution is 2.39. The van der Waals surface area contributed by atoms with E-state index in [0.29, 0.717) is 40.1 Å². The Kier molecular flexibility index (Phi) is 5.22. The summed E-state index contributed by atoms with van der Waals surface area (Å²) < 4.78 is 14.8. The molecule has 136 valence electrons. The summed E-state index contributed by atoms with van der Waals surface area (Å²) in [6.07, 6.45) is 1.13. The first kappa shape index (κ1) is 18.3. The minimum atomic E-state index is -0.350. The van der Waals surface area contributed by atoms with Crippen LogP contribution < -0.4 is 5.01 Å². The Bertz CT molecular complexity index is 889. The Morgan fingerprint density at radius 2 is 1.73 bits per heavy atom. The summed E-state index contributed by atoms with van der Waals surface area (Å²) in [7, 11) is 0. The summed E-state index contributed by atoms with van der Waals surface area (Å²) in [6, 6.07) is 5.88. The van der Waals surface area contributed by atoms with Crippen LogP contribution in [0.1, 0.15) is 49.8 Å². The monoisotopic (exact) mass is 374 g/mol. The van der Waals surface area contributed by atoms with Crippen LogP contribution in [0.5, 0.6) is 0 Å². The lowest BCUT2D eigenvalue weighted by molar-refractivity contribution is -0.118. The van der Waals surface area contributed by atoms with E-state index in [1.54, 1.807) is 30.5 Å². The number of carbonyl (C=O) groups excluding carboxylic acids is 2. The van der Waals surface area contributed by atoms with E-state index < -0.39 is 0 Å². The van der Waals surface area contributed by atoms with Crippen LogP contribution in [0.2, 0.25) is 0 Å². The number of anilines is 1. The number of hydrazone groups is 1. The van der Waals surface area contributed by atoms with Crippen LogP contribution in [-0.2, 0) is 11.2 Å². The van der Waals surface area contributed by atoms with Gasteiger partial charge in [0.15, 0.2) is 5.82 Å². The van der Waals surface area contributed by atoms with Crippen molar-refractivity contribution in [1.82, 2.24) is 9.55 Å². The highest BCUT2D eigenvalue weighted by Gasteiger charge is 2.32. The molecular weight excluding hydrogens is 355 g/mol. The number of rotatable bonds is 4. The highest BCUT2D eigenvalue weighted by molar-refractivity contribution is 8.14.